The molecule has 1 amide bonds. The summed E-state index contributed by atoms with van der Waals surface area (Å²) < 4.78 is 0. The highest BCUT2D eigenvalue weighted by molar-refractivity contribution is 7.12. The maximum Gasteiger partial charge on any atom is 0.265 e. The van der Waals surface area contributed by atoms with Gasteiger partial charge in [-0.15, -0.1) is 11.3 Å². The van der Waals surface area contributed by atoms with E-state index < -0.39 is 6.10 Å². The Morgan fingerprint density at radius 2 is 2.24 bits per heavy atom. The maximum absolute atomic E-state index is 12.2. The first kappa shape index (κ1) is 12.9. The van der Waals surface area contributed by atoms with Crippen molar-refractivity contribution in [2.24, 2.45) is 0 Å². The zero-order valence-corrected chi connectivity index (χ0v) is 11.3. The summed E-state index contributed by atoms with van der Waals surface area (Å²) >= 11 is 7.30. The Kier molecular flexibility index (Phi) is 4.07. The van der Waals surface area contributed by atoms with E-state index >= 15 is 0 Å². The molecule has 5 heteroatoms. The lowest BCUT2D eigenvalue weighted by atomic mass is 9.91. The monoisotopic (exact) mass is 273 g/mol. The van der Waals surface area contributed by atoms with Gasteiger partial charge in [-0.25, -0.2) is 0 Å². The van der Waals surface area contributed by atoms with Crippen LogP contribution >= 0.6 is 22.9 Å². The molecular weight excluding hydrogens is 258 g/mol. The molecule has 1 aliphatic carbocycles. The molecule has 1 saturated carbocycles. The highest BCUT2D eigenvalue weighted by Gasteiger charge is 2.30. The molecule has 1 aliphatic rings. The number of hydrogen-bond donors (Lipinski definition) is 1. The predicted molar refractivity (Wildman–Crippen MR) is 69.7 cm³/mol. The van der Waals surface area contributed by atoms with Gasteiger partial charge in [-0.1, -0.05) is 24.4 Å². The average Bonchev–Trinajstić information content (AvgIpc) is 2.74. The van der Waals surface area contributed by atoms with Crippen LogP contribution in [-0.4, -0.2) is 35.1 Å². The SMILES string of the molecule is CN(C(=O)c1sccc1Cl)[C@@H]1CCCC[C@@H]1O. The first-order valence-electron chi connectivity index (χ1n) is 5.79. The lowest BCUT2D eigenvalue weighted by Crippen LogP contribution is -2.46. The van der Waals surface area contributed by atoms with Crippen molar-refractivity contribution in [3.05, 3.63) is 21.3 Å². The molecule has 0 spiro atoms. The third-order valence-electron chi connectivity index (χ3n) is 3.32. The lowest BCUT2D eigenvalue weighted by Gasteiger charge is -2.35. The molecule has 1 N–H and O–H groups in total. The summed E-state index contributed by atoms with van der Waals surface area (Å²) in [6.07, 6.45) is 3.35. The van der Waals surface area contributed by atoms with E-state index in [0.717, 1.165) is 25.7 Å². The molecule has 2 rings (SSSR count). The summed E-state index contributed by atoms with van der Waals surface area (Å²) in [5.41, 5.74) is 0. The number of carbonyl (C=O) groups is 1. The molecule has 0 saturated heterocycles. The number of likely N-dealkylation sites (N-methyl/N-ethyl adjacent to an activating group) is 1. The second-order valence-corrected chi connectivity index (χ2v) is 5.76. The number of carbonyl (C=O) groups excluding carboxylic acids is 1. The van der Waals surface area contributed by atoms with Gasteiger partial charge in [0.2, 0.25) is 0 Å². The van der Waals surface area contributed by atoms with Gasteiger partial charge in [0.25, 0.3) is 5.91 Å². The molecule has 1 heterocycles. The minimum Gasteiger partial charge on any atom is -0.391 e. The lowest BCUT2D eigenvalue weighted by molar-refractivity contribution is 0.0271. The Hall–Kier alpha value is -0.580. The third kappa shape index (κ3) is 2.64. The number of nitrogens with zero attached hydrogens (tertiary/aromatic N) is 1. The zero-order valence-electron chi connectivity index (χ0n) is 9.73. The number of thiophene rings is 1. The number of rotatable bonds is 2. The smallest absolute Gasteiger partial charge is 0.265 e. The predicted octanol–water partition coefficient (Wildman–Crippen LogP) is 2.78. The van der Waals surface area contributed by atoms with Crippen molar-refractivity contribution in [1.29, 1.82) is 0 Å². The zero-order chi connectivity index (χ0) is 12.4. The van der Waals surface area contributed by atoms with Crippen LogP contribution in [0.2, 0.25) is 5.02 Å². The Balaban J connectivity index is 2.11. The van der Waals surface area contributed by atoms with Gasteiger partial charge in [-0.05, 0) is 24.3 Å². The van der Waals surface area contributed by atoms with Crippen molar-refractivity contribution in [1.82, 2.24) is 4.90 Å². The van der Waals surface area contributed by atoms with Crippen molar-refractivity contribution < 1.29 is 9.90 Å². The number of hydrogen-bond acceptors (Lipinski definition) is 3. The van der Waals surface area contributed by atoms with Crippen LogP contribution in [0.1, 0.15) is 35.4 Å². The maximum atomic E-state index is 12.2. The number of halogens is 1. The Bertz CT molecular complexity index is 407. The molecular formula is C12H16ClNO2S. The molecule has 94 valence electrons. The fraction of sp³-hybridized carbons (Fsp3) is 0.583. The van der Waals surface area contributed by atoms with E-state index in [1.165, 1.54) is 11.3 Å². The van der Waals surface area contributed by atoms with Crippen LogP contribution in [0.5, 0.6) is 0 Å². The topological polar surface area (TPSA) is 40.5 Å². The first-order valence-corrected chi connectivity index (χ1v) is 7.05. The standard InChI is InChI=1S/C12H16ClNO2S/c1-14(9-4-2-3-5-10(9)15)12(16)11-8(13)6-7-17-11/h6-7,9-10,15H,2-5H2,1H3/t9-,10+/m1/s1. The van der Waals surface area contributed by atoms with Gasteiger partial charge in [0.15, 0.2) is 0 Å². The molecule has 1 aromatic heterocycles. The van der Waals surface area contributed by atoms with E-state index in [0.29, 0.717) is 9.90 Å². The fourth-order valence-electron chi connectivity index (χ4n) is 2.30. The van der Waals surface area contributed by atoms with Crippen molar-refractivity contribution in [2.45, 2.75) is 37.8 Å². The van der Waals surface area contributed by atoms with E-state index in [1.54, 1.807) is 23.4 Å². The highest BCUT2D eigenvalue weighted by Crippen LogP contribution is 2.27. The molecule has 0 radical (unpaired) electrons. The second kappa shape index (κ2) is 5.38. The van der Waals surface area contributed by atoms with Gasteiger partial charge in [0.05, 0.1) is 17.2 Å². The number of aliphatic hydroxyl groups excluding tert-OH is 1. The molecule has 0 aromatic carbocycles. The van der Waals surface area contributed by atoms with Gasteiger partial charge in [0.1, 0.15) is 4.88 Å². The van der Waals surface area contributed by atoms with Crippen molar-refractivity contribution in [2.75, 3.05) is 7.05 Å². The van der Waals surface area contributed by atoms with Crippen molar-refractivity contribution in [3.8, 4) is 0 Å². The normalized spacial score (nSPS) is 24.6. The summed E-state index contributed by atoms with van der Waals surface area (Å²) in [6, 6.07) is 1.65. The molecule has 0 aliphatic heterocycles. The molecule has 17 heavy (non-hydrogen) atoms. The van der Waals surface area contributed by atoms with Crippen LogP contribution in [-0.2, 0) is 0 Å². The quantitative estimate of drug-likeness (QED) is 0.900. The molecule has 3 nitrogen and oxygen atoms in total. The molecule has 0 unspecified atom stereocenters. The van der Waals surface area contributed by atoms with Crippen LogP contribution < -0.4 is 0 Å². The minimum atomic E-state index is -0.406. The van der Waals surface area contributed by atoms with Gasteiger partial charge in [-0.3, -0.25) is 4.79 Å². The third-order valence-corrected chi connectivity index (χ3v) is 4.65. The average molecular weight is 274 g/mol. The largest absolute Gasteiger partial charge is 0.391 e. The Morgan fingerprint density at radius 3 is 2.82 bits per heavy atom. The van der Waals surface area contributed by atoms with Gasteiger partial charge in [0, 0.05) is 7.05 Å². The second-order valence-electron chi connectivity index (χ2n) is 4.43. The van der Waals surface area contributed by atoms with Crippen molar-refractivity contribution >= 4 is 28.8 Å². The van der Waals surface area contributed by atoms with Crippen LogP contribution in [0, 0.1) is 0 Å². The number of amides is 1. The Morgan fingerprint density at radius 1 is 1.53 bits per heavy atom. The first-order chi connectivity index (χ1) is 8.11. The van der Waals surface area contributed by atoms with Crippen molar-refractivity contribution in [3.63, 3.8) is 0 Å². The Labute approximate surface area is 110 Å². The summed E-state index contributed by atoms with van der Waals surface area (Å²) in [5, 5.41) is 12.2. The van der Waals surface area contributed by atoms with E-state index in [1.807, 2.05) is 0 Å². The van der Waals surface area contributed by atoms with Gasteiger partial charge in [-0.2, -0.15) is 0 Å². The van der Waals surface area contributed by atoms with E-state index in [4.69, 9.17) is 11.6 Å². The molecule has 1 fully saturated rings. The summed E-state index contributed by atoms with van der Waals surface area (Å²) in [6.45, 7) is 0. The van der Waals surface area contributed by atoms with E-state index in [2.05, 4.69) is 0 Å². The molecule has 2 atom stereocenters. The fourth-order valence-corrected chi connectivity index (χ4v) is 3.42. The highest BCUT2D eigenvalue weighted by atomic mass is 35.5. The summed E-state index contributed by atoms with van der Waals surface area (Å²) in [5.74, 6) is -0.0871. The van der Waals surface area contributed by atoms with E-state index in [9.17, 15) is 9.90 Å². The van der Waals surface area contributed by atoms with E-state index in [-0.39, 0.29) is 11.9 Å². The summed E-state index contributed by atoms with van der Waals surface area (Å²) in [7, 11) is 1.75. The minimum absolute atomic E-state index is 0.0746. The van der Waals surface area contributed by atoms with Crippen LogP contribution in [0.15, 0.2) is 11.4 Å². The van der Waals surface area contributed by atoms with Crippen LogP contribution in [0.3, 0.4) is 0 Å². The van der Waals surface area contributed by atoms with Crippen LogP contribution in [0.4, 0.5) is 0 Å². The van der Waals surface area contributed by atoms with Gasteiger partial charge >= 0.3 is 0 Å². The van der Waals surface area contributed by atoms with Crippen LogP contribution in [0.25, 0.3) is 0 Å². The van der Waals surface area contributed by atoms with Gasteiger partial charge < -0.3 is 10.0 Å². The molecule has 1 aromatic rings. The summed E-state index contributed by atoms with van der Waals surface area (Å²) in [4.78, 5) is 14.4. The molecule has 0 bridgehead atoms. The number of aliphatic hydroxyl groups is 1.